The van der Waals surface area contributed by atoms with E-state index in [1.54, 1.807) is 0 Å². The molecule has 0 aliphatic carbocycles. The summed E-state index contributed by atoms with van der Waals surface area (Å²) in [5.74, 6) is -0.212. The average molecular weight is 243 g/mol. The Hall–Kier alpha value is -1.63. The Labute approximate surface area is 93.8 Å². The molecule has 1 rings (SSSR count). The van der Waals surface area contributed by atoms with Crippen LogP contribution in [0, 0.1) is 0 Å². The van der Waals surface area contributed by atoms with Gasteiger partial charge in [-0.1, -0.05) is 0 Å². The molecule has 3 N–H and O–H groups in total. The molecule has 0 saturated heterocycles. The first-order valence-corrected chi connectivity index (χ1v) is 6.47. The lowest BCUT2D eigenvalue weighted by atomic mass is 10.4. The summed E-state index contributed by atoms with van der Waals surface area (Å²) < 4.78 is 22.8. The number of amides is 1. The van der Waals surface area contributed by atoms with Crippen molar-refractivity contribution in [1.82, 2.24) is 4.98 Å². The molecule has 88 valence electrons. The van der Waals surface area contributed by atoms with Crippen LogP contribution in [0.3, 0.4) is 0 Å². The molecule has 0 fully saturated rings. The zero-order chi connectivity index (χ0) is 12.2. The van der Waals surface area contributed by atoms with E-state index in [4.69, 9.17) is 5.73 Å². The first kappa shape index (κ1) is 12.4. The summed E-state index contributed by atoms with van der Waals surface area (Å²) in [6, 6.07) is 2.99. The number of hydrogen-bond acceptors (Lipinski definition) is 5. The number of aromatic nitrogens is 1. The summed E-state index contributed by atoms with van der Waals surface area (Å²) in [6.07, 6.45) is 2.70. The number of sulfone groups is 1. The molecule has 0 aromatic carbocycles. The fraction of sp³-hybridized carbons (Fsp3) is 0.333. The van der Waals surface area contributed by atoms with Crippen molar-refractivity contribution in [3.63, 3.8) is 0 Å². The van der Waals surface area contributed by atoms with Gasteiger partial charge in [0.15, 0.2) is 9.84 Å². The molecule has 6 nitrogen and oxygen atoms in total. The Bertz CT molecular complexity index is 485. The van der Waals surface area contributed by atoms with Crippen molar-refractivity contribution in [2.45, 2.75) is 11.3 Å². The molecule has 1 aromatic rings. The maximum atomic E-state index is 11.4. The molecule has 0 unspecified atom stereocenters. The van der Waals surface area contributed by atoms with Gasteiger partial charge in [0, 0.05) is 25.4 Å². The standard InChI is InChI=1S/C9H13N3O3S/c1-16(14,15)7-3-2-5-11-9(7)12-6-4-8(10)13/h2-3,5H,4,6H2,1H3,(H2,10,13)(H,11,12). The quantitative estimate of drug-likeness (QED) is 0.743. The van der Waals surface area contributed by atoms with Gasteiger partial charge in [0.2, 0.25) is 5.91 Å². The fourth-order valence-corrected chi connectivity index (χ4v) is 1.93. The van der Waals surface area contributed by atoms with Gasteiger partial charge in [-0.3, -0.25) is 4.79 Å². The highest BCUT2D eigenvalue weighted by molar-refractivity contribution is 7.90. The number of nitrogens with one attached hydrogen (secondary N) is 1. The number of hydrogen-bond donors (Lipinski definition) is 2. The average Bonchev–Trinajstić information content (AvgIpc) is 2.16. The van der Waals surface area contributed by atoms with E-state index in [0.29, 0.717) is 0 Å². The van der Waals surface area contributed by atoms with Crippen molar-refractivity contribution < 1.29 is 13.2 Å². The Kier molecular flexibility index (Phi) is 3.83. The maximum Gasteiger partial charge on any atom is 0.219 e. The van der Waals surface area contributed by atoms with E-state index in [1.807, 2.05) is 0 Å². The summed E-state index contributed by atoms with van der Waals surface area (Å²) in [7, 11) is -3.33. The number of carbonyl (C=O) groups excluding carboxylic acids is 1. The number of carbonyl (C=O) groups is 1. The minimum atomic E-state index is -3.33. The van der Waals surface area contributed by atoms with E-state index >= 15 is 0 Å². The van der Waals surface area contributed by atoms with E-state index in [0.717, 1.165) is 6.26 Å². The van der Waals surface area contributed by atoms with Gasteiger partial charge in [-0.25, -0.2) is 13.4 Å². The van der Waals surface area contributed by atoms with Crippen LogP contribution in [0.4, 0.5) is 5.82 Å². The normalized spacial score (nSPS) is 11.1. The van der Waals surface area contributed by atoms with Crippen LogP contribution in [-0.2, 0) is 14.6 Å². The van der Waals surface area contributed by atoms with Gasteiger partial charge in [-0.2, -0.15) is 0 Å². The first-order valence-electron chi connectivity index (χ1n) is 4.58. The van der Waals surface area contributed by atoms with Crippen LogP contribution in [0.2, 0.25) is 0 Å². The summed E-state index contributed by atoms with van der Waals surface area (Å²) in [5.41, 5.74) is 4.96. The van der Waals surface area contributed by atoms with Crippen molar-refractivity contribution in [2.24, 2.45) is 5.73 Å². The van der Waals surface area contributed by atoms with E-state index < -0.39 is 15.7 Å². The minimum Gasteiger partial charge on any atom is -0.370 e. The Balaban J connectivity index is 2.84. The molecule has 1 aromatic heterocycles. The molecular formula is C9H13N3O3S. The van der Waals surface area contributed by atoms with Crippen LogP contribution in [0.5, 0.6) is 0 Å². The summed E-state index contributed by atoms with van der Waals surface area (Å²) in [5, 5.41) is 2.76. The van der Waals surface area contributed by atoms with E-state index in [-0.39, 0.29) is 23.7 Å². The molecule has 7 heteroatoms. The van der Waals surface area contributed by atoms with E-state index in [9.17, 15) is 13.2 Å². The zero-order valence-corrected chi connectivity index (χ0v) is 9.62. The molecule has 0 aliphatic rings. The second-order valence-corrected chi connectivity index (χ2v) is 5.25. The largest absolute Gasteiger partial charge is 0.370 e. The SMILES string of the molecule is CS(=O)(=O)c1cccnc1NCCC(N)=O. The highest BCUT2D eigenvalue weighted by atomic mass is 32.2. The Morgan fingerprint density at radius 1 is 1.56 bits per heavy atom. The van der Waals surface area contributed by atoms with E-state index in [1.165, 1.54) is 18.3 Å². The second kappa shape index (κ2) is 4.93. The fourth-order valence-electron chi connectivity index (χ4n) is 1.13. The Morgan fingerprint density at radius 3 is 2.81 bits per heavy atom. The molecular weight excluding hydrogens is 230 g/mol. The number of nitrogens with two attached hydrogens (primary N) is 1. The number of pyridine rings is 1. The topological polar surface area (TPSA) is 102 Å². The molecule has 16 heavy (non-hydrogen) atoms. The number of anilines is 1. The van der Waals surface area contributed by atoms with Crippen molar-refractivity contribution in [1.29, 1.82) is 0 Å². The van der Waals surface area contributed by atoms with Gasteiger partial charge in [0.1, 0.15) is 10.7 Å². The zero-order valence-electron chi connectivity index (χ0n) is 8.80. The van der Waals surface area contributed by atoms with Gasteiger partial charge < -0.3 is 11.1 Å². The van der Waals surface area contributed by atoms with Gasteiger partial charge in [-0.05, 0) is 12.1 Å². The molecule has 1 amide bonds. The maximum absolute atomic E-state index is 11.4. The van der Waals surface area contributed by atoms with Crippen LogP contribution in [0.25, 0.3) is 0 Å². The number of nitrogens with zero attached hydrogens (tertiary/aromatic N) is 1. The van der Waals surface area contributed by atoms with Crippen molar-refractivity contribution >= 4 is 21.6 Å². The van der Waals surface area contributed by atoms with Crippen molar-refractivity contribution in [2.75, 3.05) is 18.1 Å². The van der Waals surface area contributed by atoms with Crippen LogP contribution >= 0.6 is 0 Å². The lowest BCUT2D eigenvalue weighted by Gasteiger charge is -2.08. The van der Waals surface area contributed by atoms with Gasteiger partial charge in [0.05, 0.1) is 0 Å². The number of primary amides is 1. The lowest BCUT2D eigenvalue weighted by Crippen LogP contribution is -2.17. The third-order valence-corrected chi connectivity index (χ3v) is 2.96. The second-order valence-electron chi connectivity index (χ2n) is 3.27. The highest BCUT2D eigenvalue weighted by Gasteiger charge is 2.13. The monoisotopic (exact) mass is 243 g/mol. The van der Waals surface area contributed by atoms with Crippen molar-refractivity contribution in [3.05, 3.63) is 18.3 Å². The third-order valence-electron chi connectivity index (χ3n) is 1.83. The number of rotatable bonds is 5. The summed E-state index contributed by atoms with van der Waals surface area (Å²) >= 11 is 0. The van der Waals surface area contributed by atoms with E-state index in [2.05, 4.69) is 10.3 Å². The summed E-state index contributed by atoms with van der Waals surface area (Å²) in [4.78, 5) is 14.5. The third kappa shape index (κ3) is 3.50. The van der Waals surface area contributed by atoms with Crippen LogP contribution in [0.15, 0.2) is 23.2 Å². The van der Waals surface area contributed by atoms with Gasteiger partial charge in [-0.15, -0.1) is 0 Å². The molecule has 0 aliphatic heterocycles. The molecule has 0 saturated carbocycles. The Morgan fingerprint density at radius 2 is 2.25 bits per heavy atom. The summed E-state index contributed by atoms with van der Waals surface area (Å²) in [6.45, 7) is 0.259. The van der Waals surface area contributed by atoms with Gasteiger partial charge >= 0.3 is 0 Å². The van der Waals surface area contributed by atoms with Crippen LogP contribution < -0.4 is 11.1 Å². The van der Waals surface area contributed by atoms with Crippen molar-refractivity contribution in [3.8, 4) is 0 Å². The lowest BCUT2D eigenvalue weighted by molar-refractivity contribution is -0.117. The smallest absolute Gasteiger partial charge is 0.219 e. The van der Waals surface area contributed by atoms with Gasteiger partial charge in [0.25, 0.3) is 0 Å². The molecule has 0 spiro atoms. The van der Waals surface area contributed by atoms with Crippen LogP contribution in [-0.4, -0.2) is 32.1 Å². The first-order chi connectivity index (χ1) is 7.41. The molecule has 0 bridgehead atoms. The minimum absolute atomic E-state index is 0.111. The highest BCUT2D eigenvalue weighted by Crippen LogP contribution is 2.17. The van der Waals surface area contributed by atoms with Crippen LogP contribution in [0.1, 0.15) is 6.42 Å². The predicted molar refractivity (Wildman–Crippen MR) is 59.6 cm³/mol. The molecule has 1 heterocycles. The predicted octanol–water partition coefficient (Wildman–Crippen LogP) is -0.228. The molecule has 0 atom stereocenters. The molecule has 0 radical (unpaired) electrons.